The predicted molar refractivity (Wildman–Crippen MR) is 43.8 cm³/mol. The Labute approximate surface area is 103 Å². The Kier molecular flexibility index (Phi) is 11.3. The van der Waals surface area contributed by atoms with Crippen LogP contribution in [0.4, 0.5) is 0 Å². The molecule has 0 nitrogen and oxygen atoms in total. The normalized spacial score (nSPS) is 14.2. The summed E-state index contributed by atoms with van der Waals surface area (Å²) in [6.07, 6.45) is 5.69. The van der Waals surface area contributed by atoms with Crippen molar-refractivity contribution in [3.8, 4) is 0 Å². The molecular weight excluding hydrogens is 247 g/mol. The molecule has 0 saturated heterocycles. The van der Waals surface area contributed by atoms with Crippen molar-refractivity contribution in [2.24, 2.45) is 0 Å². The summed E-state index contributed by atoms with van der Waals surface area (Å²) in [4.78, 5) is 0. The molecule has 0 bridgehead atoms. The van der Waals surface area contributed by atoms with Crippen molar-refractivity contribution in [2.75, 3.05) is 11.5 Å². The average molecular weight is 258 g/mol. The SMILES string of the molecule is CCSCC1=[C]([Ti+2])CC=C1.[Cl-].[Cl-]. The van der Waals surface area contributed by atoms with Gasteiger partial charge in [-0.25, -0.2) is 0 Å². The standard InChI is InChI=1S/C8H11S.2ClH.Ti/c1-2-9-7-8-5-3-4-6-8;;;/h3,5H,2,4,7H2,1H3;2*1H;/q;;;+2/p-2. The van der Waals surface area contributed by atoms with Crippen LogP contribution in [-0.4, -0.2) is 11.5 Å². The molecule has 0 N–H and O–H groups in total. The maximum absolute atomic E-state index is 2.26. The molecule has 0 unspecified atom stereocenters. The third-order valence-corrected chi connectivity index (χ3v) is 3.23. The quantitative estimate of drug-likeness (QED) is 0.474. The van der Waals surface area contributed by atoms with Gasteiger partial charge in [0, 0.05) is 0 Å². The van der Waals surface area contributed by atoms with Crippen LogP contribution in [-0.2, 0) is 20.4 Å². The van der Waals surface area contributed by atoms with E-state index in [4.69, 9.17) is 0 Å². The van der Waals surface area contributed by atoms with Crippen molar-refractivity contribution in [3.63, 3.8) is 0 Å². The number of hydrogen-bond donors (Lipinski definition) is 0. The Hall–Kier alpha value is 1.12. The number of halogens is 2. The molecule has 1 aliphatic rings. The van der Waals surface area contributed by atoms with E-state index in [0.717, 1.165) is 0 Å². The minimum atomic E-state index is 0. The summed E-state index contributed by atoms with van der Waals surface area (Å²) < 4.78 is 1.56. The molecule has 1 aliphatic carbocycles. The van der Waals surface area contributed by atoms with Crippen LogP contribution < -0.4 is 24.8 Å². The van der Waals surface area contributed by atoms with Gasteiger partial charge in [-0.1, -0.05) is 0 Å². The first-order valence-electron chi connectivity index (χ1n) is 3.52. The van der Waals surface area contributed by atoms with E-state index < -0.39 is 0 Å². The molecule has 0 fully saturated rings. The van der Waals surface area contributed by atoms with Gasteiger partial charge in [0.25, 0.3) is 0 Å². The molecular formula is C8H11Cl2STi. The molecule has 0 aromatic heterocycles. The van der Waals surface area contributed by atoms with Crippen LogP contribution in [0, 0.1) is 0 Å². The first-order chi connectivity index (χ1) is 4.84. The molecule has 12 heavy (non-hydrogen) atoms. The third kappa shape index (κ3) is 4.98. The van der Waals surface area contributed by atoms with Gasteiger partial charge in [-0.15, -0.1) is 0 Å². The molecule has 0 aliphatic heterocycles. The van der Waals surface area contributed by atoms with Crippen molar-refractivity contribution in [1.82, 2.24) is 0 Å². The summed E-state index contributed by atoms with van der Waals surface area (Å²) in [6, 6.07) is 0. The van der Waals surface area contributed by atoms with E-state index in [0.29, 0.717) is 0 Å². The van der Waals surface area contributed by atoms with Gasteiger partial charge in [-0.3, -0.25) is 0 Å². The molecule has 67 valence electrons. The minimum Gasteiger partial charge on any atom is -1.00 e. The zero-order valence-electron chi connectivity index (χ0n) is 6.94. The van der Waals surface area contributed by atoms with Crippen molar-refractivity contribution < 1.29 is 45.2 Å². The van der Waals surface area contributed by atoms with Crippen LogP contribution in [0.1, 0.15) is 13.3 Å². The Balaban J connectivity index is 0. The number of rotatable bonds is 3. The summed E-state index contributed by atoms with van der Waals surface area (Å²) in [7, 11) is 0. The summed E-state index contributed by atoms with van der Waals surface area (Å²) in [6.45, 7) is 2.21. The van der Waals surface area contributed by atoms with Gasteiger partial charge >= 0.3 is 78.7 Å². The Morgan fingerprint density at radius 1 is 1.50 bits per heavy atom. The van der Waals surface area contributed by atoms with Crippen LogP contribution in [0.15, 0.2) is 21.6 Å². The van der Waals surface area contributed by atoms with E-state index >= 15 is 0 Å². The van der Waals surface area contributed by atoms with Crippen molar-refractivity contribution in [2.45, 2.75) is 13.3 Å². The number of thioether (sulfide) groups is 1. The van der Waals surface area contributed by atoms with E-state index in [9.17, 15) is 0 Å². The second-order valence-corrected chi connectivity index (χ2v) is 4.46. The van der Waals surface area contributed by atoms with Crippen LogP contribution in [0.3, 0.4) is 0 Å². The zero-order chi connectivity index (χ0) is 7.40. The summed E-state index contributed by atoms with van der Waals surface area (Å²) >= 11 is 4.23. The van der Waals surface area contributed by atoms with E-state index in [2.05, 4.69) is 39.5 Å². The summed E-state index contributed by atoms with van der Waals surface area (Å²) in [5, 5.41) is 0. The molecule has 0 radical (unpaired) electrons. The largest absolute Gasteiger partial charge is 1.00 e. The van der Waals surface area contributed by atoms with Crippen molar-refractivity contribution in [3.05, 3.63) is 21.6 Å². The fraction of sp³-hybridized carbons (Fsp3) is 0.500. The Bertz CT molecular complexity index is 178. The maximum atomic E-state index is 2.26. The first kappa shape index (κ1) is 15.6. The fourth-order valence-electron chi connectivity index (χ4n) is 0.898. The van der Waals surface area contributed by atoms with Crippen LogP contribution in [0.2, 0.25) is 0 Å². The molecule has 0 atom stereocenters. The van der Waals surface area contributed by atoms with Gasteiger partial charge in [-0.2, -0.15) is 0 Å². The first-order valence-corrected chi connectivity index (χ1v) is 5.46. The molecule has 1 rings (SSSR count). The molecule has 0 saturated carbocycles. The van der Waals surface area contributed by atoms with Crippen molar-refractivity contribution in [1.29, 1.82) is 0 Å². The van der Waals surface area contributed by atoms with Crippen LogP contribution in [0.25, 0.3) is 0 Å². The fourth-order valence-corrected chi connectivity index (χ4v) is 2.24. The van der Waals surface area contributed by atoms with Gasteiger partial charge in [0.2, 0.25) is 0 Å². The van der Waals surface area contributed by atoms with E-state index in [-0.39, 0.29) is 24.8 Å². The molecule has 0 spiro atoms. The molecule has 0 aromatic carbocycles. The monoisotopic (exact) mass is 257 g/mol. The van der Waals surface area contributed by atoms with Gasteiger partial charge in [0.15, 0.2) is 0 Å². The topological polar surface area (TPSA) is 0 Å². The maximum Gasteiger partial charge on any atom is -1.00 e. The van der Waals surface area contributed by atoms with Gasteiger partial charge in [0.05, 0.1) is 0 Å². The Morgan fingerprint density at radius 3 is 2.58 bits per heavy atom. The minimum absolute atomic E-state index is 0. The average Bonchev–Trinajstić information content (AvgIpc) is 2.31. The third-order valence-electron chi connectivity index (χ3n) is 1.49. The van der Waals surface area contributed by atoms with Crippen LogP contribution in [0.5, 0.6) is 0 Å². The van der Waals surface area contributed by atoms with E-state index in [1.807, 2.05) is 11.8 Å². The van der Waals surface area contributed by atoms with Gasteiger partial charge in [-0.05, 0) is 0 Å². The van der Waals surface area contributed by atoms with Gasteiger partial charge in [0.1, 0.15) is 0 Å². The molecule has 4 heteroatoms. The van der Waals surface area contributed by atoms with E-state index in [1.54, 1.807) is 9.45 Å². The second kappa shape index (κ2) is 8.71. The molecule has 0 aromatic rings. The van der Waals surface area contributed by atoms with Gasteiger partial charge < -0.3 is 24.8 Å². The van der Waals surface area contributed by atoms with Crippen LogP contribution >= 0.6 is 11.8 Å². The number of allylic oxidation sites excluding steroid dienone is 3. The predicted octanol–water partition coefficient (Wildman–Crippen LogP) is -3.49. The number of hydrogen-bond acceptors (Lipinski definition) is 1. The molecule has 0 amide bonds. The second-order valence-electron chi connectivity index (χ2n) is 2.25. The summed E-state index contributed by atoms with van der Waals surface area (Å²) in [5.74, 6) is 2.43. The Morgan fingerprint density at radius 2 is 2.17 bits per heavy atom. The van der Waals surface area contributed by atoms with E-state index in [1.165, 1.54) is 17.9 Å². The smallest absolute Gasteiger partial charge is 1.00 e. The summed E-state index contributed by atoms with van der Waals surface area (Å²) in [5.41, 5.74) is 1.55. The van der Waals surface area contributed by atoms with Crippen molar-refractivity contribution >= 4 is 11.8 Å². The molecule has 0 heterocycles. The zero-order valence-corrected chi connectivity index (χ0v) is 10.8.